The van der Waals surface area contributed by atoms with Gasteiger partial charge in [-0.2, -0.15) is 0 Å². The van der Waals surface area contributed by atoms with Crippen LogP contribution >= 0.6 is 0 Å². The number of aliphatic hydroxyl groups excluding tert-OH is 1. The molecule has 0 heterocycles. The van der Waals surface area contributed by atoms with Gasteiger partial charge in [-0.3, -0.25) is 0 Å². The van der Waals surface area contributed by atoms with E-state index in [9.17, 15) is 5.11 Å². The van der Waals surface area contributed by atoms with Crippen LogP contribution in [0.4, 0.5) is 0 Å². The highest BCUT2D eigenvalue weighted by Gasteiger charge is 2.37. The lowest BCUT2D eigenvalue weighted by Gasteiger charge is -2.38. The van der Waals surface area contributed by atoms with Crippen LogP contribution in [0.1, 0.15) is 40.0 Å². The lowest BCUT2D eigenvalue weighted by molar-refractivity contribution is -0.128. The smallest absolute Gasteiger partial charge is 0.0933 e. The topological polar surface area (TPSA) is 38.7 Å². The Bertz CT molecular complexity index is 147. The average Bonchev–Trinajstić information content (AvgIpc) is 2.28. The third-order valence-electron chi connectivity index (χ3n) is 3.46. The van der Waals surface area contributed by atoms with E-state index in [1.54, 1.807) is 14.2 Å². The van der Waals surface area contributed by atoms with E-state index in [4.69, 9.17) is 9.47 Å². The van der Waals surface area contributed by atoms with Gasteiger partial charge in [0.25, 0.3) is 0 Å². The van der Waals surface area contributed by atoms with Gasteiger partial charge < -0.3 is 14.6 Å². The van der Waals surface area contributed by atoms with Gasteiger partial charge in [0, 0.05) is 20.8 Å². The Labute approximate surface area is 93.8 Å². The molecule has 1 N–H and O–H groups in total. The molecule has 15 heavy (non-hydrogen) atoms. The van der Waals surface area contributed by atoms with E-state index in [-0.39, 0.29) is 5.92 Å². The third-order valence-corrected chi connectivity index (χ3v) is 3.46. The highest BCUT2D eigenvalue weighted by molar-refractivity contribution is 4.88. The molecule has 0 aliphatic heterocycles. The molecular weight excluding hydrogens is 192 g/mol. The van der Waals surface area contributed by atoms with Gasteiger partial charge >= 0.3 is 0 Å². The fourth-order valence-electron chi connectivity index (χ4n) is 2.06. The van der Waals surface area contributed by atoms with E-state index >= 15 is 0 Å². The molecule has 0 bridgehead atoms. The van der Waals surface area contributed by atoms with Crippen molar-refractivity contribution in [3.63, 3.8) is 0 Å². The van der Waals surface area contributed by atoms with Gasteiger partial charge in [-0.05, 0) is 25.2 Å². The van der Waals surface area contributed by atoms with Crippen LogP contribution < -0.4 is 0 Å². The van der Waals surface area contributed by atoms with Crippen molar-refractivity contribution in [2.24, 2.45) is 5.92 Å². The molecule has 0 aromatic rings. The molecule has 0 saturated carbocycles. The Morgan fingerprint density at radius 3 is 2.07 bits per heavy atom. The molecule has 3 heteroatoms. The lowest BCUT2D eigenvalue weighted by Crippen LogP contribution is -2.46. The fourth-order valence-corrected chi connectivity index (χ4v) is 2.06. The highest BCUT2D eigenvalue weighted by Crippen LogP contribution is 2.29. The number of rotatable bonds is 8. The molecule has 0 fully saturated rings. The largest absolute Gasteiger partial charge is 0.390 e. The predicted molar refractivity (Wildman–Crippen MR) is 62.0 cm³/mol. The van der Waals surface area contributed by atoms with Gasteiger partial charge in [-0.25, -0.2) is 0 Å². The van der Waals surface area contributed by atoms with Crippen LogP contribution in [0.2, 0.25) is 0 Å². The van der Waals surface area contributed by atoms with Gasteiger partial charge in [-0.1, -0.05) is 20.8 Å². The first-order chi connectivity index (χ1) is 7.07. The van der Waals surface area contributed by atoms with Crippen LogP contribution in [0, 0.1) is 5.92 Å². The summed E-state index contributed by atoms with van der Waals surface area (Å²) in [5.41, 5.74) is -0.396. The van der Waals surface area contributed by atoms with Gasteiger partial charge in [0.2, 0.25) is 0 Å². The van der Waals surface area contributed by atoms with Crippen LogP contribution in [0.3, 0.4) is 0 Å². The molecule has 0 aromatic heterocycles. The average molecular weight is 218 g/mol. The quantitative estimate of drug-likeness (QED) is 0.679. The second-order valence-corrected chi connectivity index (χ2v) is 4.18. The Morgan fingerprint density at radius 1 is 1.20 bits per heavy atom. The van der Waals surface area contributed by atoms with Gasteiger partial charge in [0.05, 0.1) is 11.7 Å². The van der Waals surface area contributed by atoms with E-state index in [0.29, 0.717) is 6.61 Å². The monoisotopic (exact) mass is 218 g/mol. The molecule has 2 atom stereocenters. The van der Waals surface area contributed by atoms with Crippen molar-refractivity contribution in [1.82, 2.24) is 0 Å². The summed E-state index contributed by atoms with van der Waals surface area (Å²) < 4.78 is 10.5. The summed E-state index contributed by atoms with van der Waals surface area (Å²) in [7, 11) is 3.36. The maximum atomic E-state index is 10.3. The van der Waals surface area contributed by atoms with E-state index in [1.807, 2.05) is 6.92 Å². The number of hydrogen-bond acceptors (Lipinski definition) is 3. The van der Waals surface area contributed by atoms with E-state index in [1.165, 1.54) is 0 Å². The summed E-state index contributed by atoms with van der Waals surface area (Å²) in [6.07, 6.45) is 2.10. The highest BCUT2D eigenvalue weighted by atomic mass is 16.5. The zero-order valence-electron chi connectivity index (χ0n) is 10.7. The molecule has 2 unspecified atom stereocenters. The Morgan fingerprint density at radius 2 is 1.73 bits per heavy atom. The number of aliphatic hydroxyl groups is 1. The zero-order valence-corrected chi connectivity index (χ0v) is 10.7. The minimum atomic E-state index is -0.423. The molecule has 3 nitrogen and oxygen atoms in total. The van der Waals surface area contributed by atoms with Crippen molar-refractivity contribution < 1.29 is 14.6 Å². The molecule has 0 aliphatic carbocycles. The van der Waals surface area contributed by atoms with Crippen LogP contribution in [-0.4, -0.2) is 37.6 Å². The van der Waals surface area contributed by atoms with E-state index in [0.717, 1.165) is 19.3 Å². The van der Waals surface area contributed by atoms with Gasteiger partial charge in [0.15, 0.2) is 0 Å². The summed E-state index contributed by atoms with van der Waals surface area (Å²) in [6, 6.07) is 0. The Hall–Kier alpha value is -0.120. The van der Waals surface area contributed by atoms with Crippen LogP contribution in [0.5, 0.6) is 0 Å². The zero-order chi connectivity index (χ0) is 11.9. The number of ether oxygens (including phenoxy) is 2. The first-order valence-corrected chi connectivity index (χ1v) is 5.80. The van der Waals surface area contributed by atoms with Crippen molar-refractivity contribution in [2.45, 2.75) is 51.7 Å². The molecule has 0 amide bonds. The molecule has 0 aromatic carbocycles. The van der Waals surface area contributed by atoms with Gasteiger partial charge in [-0.15, -0.1) is 0 Å². The summed E-state index contributed by atoms with van der Waals surface area (Å²) in [4.78, 5) is 0. The van der Waals surface area contributed by atoms with Crippen LogP contribution in [-0.2, 0) is 9.47 Å². The SMILES string of the molecule is CCC(CC)(OC)C(O)C(C)CCOC. The Balaban J connectivity index is 4.41. The summed E-state index contributed by atoms with van der Waals surface area (Å²) in [5, 5.41) is 10.3. The number of methoxy groups -OCH3 is 2. The number of hydrogen-bond donors (Lipinski definition) is 1. The first kappa shape index (κ1) is 14.9. The lowest BCUT2D eigenvalue weighted by atomic mass is 9.82. The maximum absolute atomic E-state index is 10.3. The van der Waals surface area contributed by atoms with Crippen molar-refractivity contribution >= 4 is 0 Å². The molecule has 0 saturated heterocycles. The normalized spacial score (nSPS) is 16.4. The van der Waals surface area contributed by atoms with Crippen molar-refractivity contribution in [3.05, 3.63) is 0 Å². The summed E-state index contributed by atoms with van der Waals surface area (Å²) >= 11 is 0. The van der Waals surface area contributed by atoms with Crippen LogP contribution in [0.25, 0.3) is 0 Å². The second kappa shape index (κ2) is 7.20. The van der Waals surface area contributed by atoms with Gasteiger partial charge in [0.1, 0.15) is 0 Å². The maximum Gasteiger partial charge on any atom is 0.0933 e. The standard InChI is InChI=1S/C12H26O3/c1-6-12(7-2,15-5)11(13)10(3)8-9-14-4/h10-11,13H,6-9H2,1-5H3. The summed E-state index contributed by atoms with van der Waals surface area (Å²) in [6.45, 7) is 6.84. The molecular formula is C12H26O3. The van der Waals surface area contributed by atoms with Crippen molar-refractivity contribution in [2.75, 3.05) is 20.8 Å². The molecule has 0 rings (SSSR count). The van der Waals surface area contributed by atoms with Crippen LogP contribution in [0.15, 0.2) is 0 Å². The Kier molecular flexibility index (Phi) is 7.14. The minimum absolute atomic E-state index is 0.199. The third kappa shape index (κ3) is 3.74. The predicted octanol–water partition coefficient (Wildman–Crippen LogP) is 2.23. The fraction of sp³-hybridized carbons (Fsp3) is 1.00. The molecule has 0 spiro atoms. The molecule has 0 aliphatic rings. The minimum Gasteiger partial charge on any atom is -0.390 e. The molecule has 0 radical (unpaired) electrons. The van der Waals surface area contributed by atoms with E-state index < -0.39 is 11.7 Å². The molecule has 92 valence electrons. The second-order valence-electron chi connectivity index (χ2n) is 4.18. The summed E-state index contributed by atoms with van der Waals surface area (Å²) in [5.74, 6) is 0.199. The van der Waals surface area contributed by atoms with Crippen molar-refractivity contribution in [3.8, 4) is 0 Å². The first-order valence-electron chi connectivity index (χ1n) is 5.80. The van der Waals surface area contributed by atoms with E-state index in [2.05, 4.69) is 13.8 Å². The van der Waals surface area contributed by atoms with Crippen molar-refractivity contribution in [1.29, 1.82) is 0 Å².